The molecule has 0 aromatic carbocycles. The third-order valence-electron chi connectivity index (χ3n) is 1.83. The van der Waals surface area contributed by atoms with Gasteiger partial charge in [-0.25, -0.2) is 0 Å². The van der Waals surface area contributed by atoms with Crippen molar-refractivity contribution in [1.29, 1.82) is 0 Å². The Balaban J connectivity index is 2.56. The molecule has 0 spiro atoms. The van der Waals surface area contributed by atoms with Crippen LogP contribution in [0.2, 0.25) is 0 Å². The Labute approximate surface area is 81.7 Å². The molecule has 1 atom stereocenters. The van der Waals surface area contributed by atoms with Crippen molar-refractivity contribution in [2.45, 2.75) is 18.8 Å². The van der Waals surface area contributed by atoms with E-state index in [1.54, 1.807) is 12.1 Å². The van der Waals surface area contributed by atoms with Crippen LogP contribution in [-0.2, 0) is 0 Å². The maximum Gasteiger partial charge on any atom is 0.0431 e. The molecule has 0 saturated carbocycles. The molecule has 1 aliphatic rings. The summed E-state index contributed by atoms with van der Waals surface area (Å²) in [5.41, 5.74) is 0.468. The summed E-state index contributed by atoms with van der Waals surface area (Å²) >= 11 is 0. The Morgan fingerprint density at radius 3 is 3.25 bits per heavy atom. The Kier molecular flexibility index (Phi) is 0.933. The fourth-order valence-electron chi connectivity index (χ4n) is 1.19. The van der Waals surface area contributed by atoms with Crippen LogP contribution in [-0.4, -0.2) is 23.4 Å². The average molecular weight is 168 g/mol. The van der Waals surface area contributed by atoms with Gasteiger partial charge in [0.1, 0.15) is 0 Å². The van der Waals surface area contributed by atoms with Crippen molar-refractivity contribution in [2.24, 2.45) is 0 Å². The van der Waals surface area contributed by atoms with E-state index in [-0.39, 0.29) is 0 Å². The molecule has 0 aliphatic carbocycles. The summed E-state index contributed by atoms with van der Waals surface area (Å²) in [6, 6.07) is 2.25. The van der Waals surface area contributed by atoms with Crippen LogP contribution in [0.1, 0.15) is 32.6 Å². The van der Waals surface area contributed by atoms with Crippen LogP contribution < -0.4 is 0 Å². The summed E-state index contributed by atoms with van der Waals surface area (Å²) in [5.74, 6) is 0. The highest BCUT2D eigenvalue weighted by Gasteiger charge is 2.21. The lowest BCUT2D eigenvalue weighted by molar-refractivity contribution is 0.317. The molecule has 1 fully saturated rings. The Morgan fingerprint density at radius 1 is 1.75 bits per heavy atom. The van der Waals surface area contributed by atoms with Crippen molar-refractivity contribution in [3.63, 3.8) is 0 Å². The molecular weight excluding hydrogens is 148 g/mol. The van der Waals surface area contributed by atoms with E-state index in [0.29, 0.717) is 5.56 Å². The molecule has 64 valence electrons. The first-order valence-electron chi connectivity index (χ1n) is 6.77. The molecule has 2 heteroatoms. The van der Waals surface area contributed by atoms with Crippen molar-refractivity contribution in [3.8, 4) is 0 Å². The van der Waals surface area contributed by atoms with E-state index < -0.39 is 25.3 Å². The first kappa shape index (κ1) is 3.46. The first-order valence-corrected chi connectivity index (χ1v) is 3.77. The van der Waals surface area contributed by atoms with E-state index in [1.165, 1.54) is 19.4 Å². The molecule has 1 aromatic rings. The predicted octanol–water partition coefficient (Wildman–Crippen LogP) is 1.85. The lowest BCUT2D eigenvalue weighted by Gasteiger charge is -2.18. The van der Waals surface area contributed by atoms with Crippen molar-refractivity contribution in [2.75, 3.05) is 13.5 Å². The second-order valence-electron chi connectivity index (χ2n) is 2.68. The maximum atomic E-state index is 7.95. The normalized spacial score (nSPS) is 44.6. The standard InChI is InChI=1S/C10H14N2/c1-12-7-3-5-10(12)9-4-2-6-11-8-9/h2,4,6,8,10H,3,5,7H2,1H3/t10-/m0/s1/i3D2,5D2,7D2. The minimum Gasteiger partial charge on any atom is -0.299 e. The average Bonchev–Trinajstić information content (AvgIpc) is 2.37. The van der Waals surface area contributed by atoms with Gasteiger partial charge in [-0.05, 0) is 37.9 Å². The third-order valence-corrected chi connectivity index (χ3v) is 1.83. The smallest absolute Gasteiger partial charge is 0.0431 e. The number of nitrogens with zero attached hydrogens (tertiary/aromatic N) is 2. The fourth-order valence-corrected chi connectivity index (χ4v) is 1.19. The number of likely N-dealkylation sites (tertiary alicyclic amines) is 1. The predicted molar refractivity (Wildman–Crippen MR) is 48.8 cm³/mol. The molecule has 0 radical (unpaired) electrons. The Bertz CT molecular complexity index is 447. The minimum absolute atomic E-state index is 0.468. The van der Waals surface area contributed by atoms with Crippen LogP contribution >= 0.6 is 0 Å². The molecule has 0 unspecified atom stereocenters. The minimum atomic E-state index is -2.60. The van der Waals surface area contributed by atoms with Crippen LogP contribution in [0.5, 0.6) is 0 Å². The van der Waals surface area contributed by atoms with Crippen LogP contribution in [0.25, 0.3) is 0 Å². The van der Waals surface area contributed by atoms with E-state index in [2.05, 4.69) is 4.98 Å². The van der Waals surface area contributed by atoms with Gasteiger partial charge in [-0.2, -0.15) is 0 Å². The summed E-state index contributed by atoms with van der Waals surface area (Å²) in [5, 5.41) is 0. The van der Waals surface area contributed by atoms with Crippen LogP contribution in [0.15, 0.2) is 24.5 Å². The van der Waals surface area contributed by atoms with Gasteiger partial charge in [0.05, 0.1) is 0 Å². The van der Waals surface area contributed by atoms with Gasteiger partial charge in [0.2, 0.25) is 0 Å². The number of hydrogen-bond donors (Lipinski definition) is 0. The lowest BCUT2D eigenvalue weighted by Crippen LogP contribution is -2.17. The molecule has 2 heterocycles. The maximum absolute atomic E-state index is 7.95. The summed E-state index contributed by atoms with van der Waals surface area (Å²) < 4.78 is 47.0. The highest BCUT2D eigenvalue weighted by Crippen LogP contribution is 2.29. The molecule has 2 rings (SSSR count). The first-order chi connectivity index (χ1) is 8.14. The lowest BCUT2D eigenvalue weighted by atomic mass is 10.1. The molecule has 2 nitrogen and oxygen atoms in total. The zero-order chi connectivity index (χ0) is 13.8. The number of pyridine rings is 1. The molecular formula is C10H14N2. The van der Waals surface area contributed by atoms with Gasteiger partial charge in [-0.1, -0.05) is 6.07 Å². The van der Waals surface area contributed by atoms with E-state index in [0.717, 1.165) is 4.90 Å². The SMILES string of the molecule is [2H]C1([2H])[C@@H](c2cccnc2)N(C)C([2H])([2H])C1([2H])[2H]. The van der Waals surface area contributed by atoms with Gasteiger partial charge in [0.15, 0.2) is 0 Å². The second-order valence-corrected chi connectivity index (χ2v) is 2.68. The molecule has 1 aromatic heterocycles. The highest BCUT2D eigenvalue weighted by atomic mass is 15.1. The van der Waals surface area contributed by atoms with Gasteiger partial charge in [-0.3, -0.25) is 9.88 Å². The van der Waals surface area contributed by atoms with Gasteiger partial charge in [0.25, 0.3) is 0 Å². The largest absolute Gasteiger partial charge is 0.299 e. The molecule has 0 N–H and O–H groups in total. The Morgan fingerprint density at radius 2 is 2.67 bits per heavy atom. The molecule has 0 amide bonds. The van der Waals surface area contributed by atoms with E-state index >= 15 is 0 Å². The third kappa shape index (κ3) is 1.34. The fraction of sp³-hybridized carbons (Fsp3) is 0.500. The summed E-state index contributed by atoms with van der Waals surface area (Å²) in [6.07, 6.45) is -1.96. The van der Waals surface area contributed by atoms with Crippen LogP contribution in [0, 0.1) is 0 Å². The van der Waals surface area contributed by atoms with Crippen molar-refractivity contribution >= 4 is 0 Å². The van der Waals surface area contributed by atoms with Crippen molar-refractivity contribution in [3.05, 3.63) is 30.1 Å². The van der Waals surface area contributed by atoms with Gasteiger partial charge >= 0.3 is 0 Å². The zero-order valence-electron chi connectivity index (χ0n) is 12.8. The topological polar surface area (TPSA) is 16.1 Å². The highest BCUT2D eigenvalue weighted by molar-refractivity contribution is 5.14. The number of aromatic nitrogens is 1. The van der Waals surface area contributed by atoms with Crippen molar-refractivity contribution < 1.29 is 8.22 Å². The molecule has 12 heavy (non-hydrogen) atoms. The summed E-state index contributed by atoms with van der Waals surface area (Å²) in [4.78, 5) is 4.99. The van der Waals surface area contributed by atoms with E-state index in [4.69, 9.17) is 8.22 Å². The molecule has 1 aliphatic heterocycles. The Hall–Kier alpha value is -0.890. The van der Waals surface area contributed by atoms with Crippen molar-refractivity contribution in [1.82, 2.24) is 9.88 Å². The van der Waals surface area contributed by atoms with Crippen LogP contribution in [0.3, 0.4) is 0 Å². The van der Waals surface area contributed by atoms with Gasteiger partial charge in [0, 0.05) is 26.7 Å². The molecule has 1 saturated heterocycles. The molecule has 0 bridgehead atoms. The van der Waals surface area contributed by atoms with Crippen LogP contribution in [0.4, 0.5) is 0 Å². The summed E-state index contributed by atoms with van der Waals surface area (Å²) in [6.45, 7) is -2.38. The second kappa shape index (κ2) is 3.23. The van der Waals surface area contributed by atoms with Gasteiger partial charge in [-0.15, -0.1) is 0 Å². The van der Waals surface area contributed by atoms with E-state index in [1.807, 2.05) is 0 Å². The monoisotopic (exact) mass is 168 g/mol. The zero-order valence-corrected chi connectivity index (χ0v) is 6.78. The van der Waals surface area contributed by atoms with E-state index in [9.17, 15) is 0 Å². The number of rotatable bonds is 1. The summed E-state index contributed by atoms with van der Waals surface area (Å²) in [7, 11) is 1.39. The van der Waals surface area contributed by atoms with Gasteiger partial charge < -0.3 is 0 Å². The number of hydrogen-bond acceptors (Lipinski definition) is 2. The quantitative estimate of drug-likeness (QED) is 0.636.